The second-order valence-corrected chi connectivity index (χ2v) is 4.47. The van der Waals surface area contributed by atoms with Crippen molar-refractivity contribution in [3.63, 3.8) is 0 Å². The summed E-state index contributed by atoms with van der Waals surface area (Å²) in [7, 11) is 0. The molecule has 0 unspecified atom stereocenters. The van der Waals surface area contributed by atoms with E-state index in [0.717, 1.165) is 19.4 Å². The van der Waals surface area contributed by atoms with Gasteiger partial charge >= 0.3 is 0 Å². The normalized spacial score (nSPS) is 18.7. The van der Waals surface area contributed by atoms with Crippen molar-refractivity contribution in [1.29, 1.82) is 0 Å². The molecule has 1 aromatic carbocycles. The average molecular weight is 272 g/mol. The molecule has 6 heteroatoms. The van der Waals surface area contributed by atoms with Crippen LogP contribution in [0.3, 0.4) is 0 Å². The molecule has 1 heterocycles. The Kier molecular flexibility index (Phi) is 4.43. The Morgan fingerprint density at radius 2 is 2.11 bits per heavy atom. The minimum atomic E-state index is -0.670. The molecule has 0 bridgehead atoms. The highest BCUT2D eigenvalue weighted by Crippen LogP contribution is 2.17. The molecule has 1 aliphatic heterocycles. The van der Waals surface area contributed by atoms with Gasteiger partial charge in [-0.1, -0.05) is 6.07 Å². The number of hydrogen-bond donors (Lipinski definition) is 2. The molecule has 1 fully saturated rings. The van der Waals surface area contributed by atoms with Gasteiger partial charge in [-0.15, -0.1) is 0 Å². The van der Waals surface area contributed by atoms with Crippen LogP contribution in [0.2, 0.25) is 0 Å². The first kappa shape index (κ1) is 13.2. The zero-order valence-corrected chi connectivity index (χ0v) is 10.5. The molecule has 1 aromatic rings. The van der Waals surface area contributed by atoms with E-state index >= 15 is 0 Å². The zero-order chi connectivity index (χ0) is 13.0. The summed E-state index contributed by atoms with van der Waals surface area (Å²) in [5.41, 5.74) is -0.234. The average Bonchev–Trinajstić information content (AvgIpc) is 2.84. The Bertz CT molecular complexity index is 416. The molecular weight excluding hydrogens is 258 g/mol. The van der Waals surface area contributed by atoms with Crippen LogP contribution in [0.15, 0.2) is 18.2 Å². The van der Waals surface area contributed by atoms with Crippen LogP contribution in [0.4, 0.5) is 14.5 Å². The van der Waals surface area contributed by atoms with Crippen LogP contribution < -0.4 is 10.6 Å². The van der Waals surface area contributed by atoms with Gasteiger partial charge in [0.2, 0.25) is 0 Å². The van der Waals surface area contributed by atoms with Crippen molar-refractivity contribution in [1.82, 2.24) is 5.32 Å². The third kappa shape index (κ3) is 3.36. The lowest BCUT2D eigenvalue weighted by Gasteiger charge is -2.14. The molecule has 0 spiro atoms. The Labute approximate surface area is 110 Å². The van der Waals surface area contributed by atoms with E-state index in [1.165, 1.54) is 18.2 Å². The summed E-state index contributed by atoms with van der Waals surface area (Å²) < 4.78 is 32.1. The molecule has 18 heavy (non-hydrogen) atoms. The number of benzene rings is 1. The predicted octanol–water partition coefficient (Wildman–Crippen LogP) is 2.43. The number of anilines is 1. The zero-order valence-electron chi connectivity index (χ0n) is 9.71. The van der Waals surface area contributed by atoms with Gasteiger partial charge in [-0.3, -0.25) is 0 Å². The van der Waals surface area contributed by atoms with E-state index in [4.69, 9.17) is 17.0 Å². The van der Waals surface area contributed by atoms with Gasteiger partial charge in [0, 0.05) is 13.2 Å². The van der Waals surface area contributed by atoms with Crippen molar-refractivity contribution >= 4 is 23.0 Å². The maximum absolute atomic E-state index is 13.3. The van der Waals surface area contributed by atoms with Crippen LogP contribution in [-0.4, -0.2) is 24.4 Å². The summed E-state index contributed by atoms with van der Waals surface area (Å²) in [5, 5.41) is 5.60. The number of ether oxygens (including phenoxy) is 1. The van der Waals surface area contributed by atoms with Gasteiger partial charge in [-0.05, 0) is 37.2 Å². The lowest BCUT2D eigenvalue weighted by atomic mass is 10.2. The van der Waals surface area contributed by atoms with E-state index in [9.17, 15) is 8.78 Å². The van der Waals surface area contributed by atoms with Crippen LogP contribution >= 0.6 is 12.2 Å². The summed E-state index contributed by atoms with van der Waals surface area (Å²) in [6.45, 7) is 1.30. The molecular formula is C12H14F2N2OS. The molecule has 2 N–H and O–H groups in total. The Balaban J connectivity index is 1.86. The quantitative estimate of drug-likeness (QED) is 0.828. The molecule has 0 saturated carbocycles. The first-order valence-corrected chi connectivity index (χ1v) is 6.18. The number of para-hydroxylation sites is 1. The highest BCUT2D eigenvalue weighted by Gasteiger charge is 2.16. The van der Waals surface area contributed by atoms with Gasteiger partial charge in [0.1, 0.15) is 17.3 Å². The van der Waals surface area contributed by atoms with E-state index in [-0.39, 0.29) is 16.9 Å². The molecule has 2 rings (SSSR count). The minimum Gasteiger partial charge on any atom is -0.376 e. The molecule has 1 aliphatic rings. The smallest absolute Gasteiger partial charge is 0.171 e. The summed E-state index contributed by atoms with van der Waals surface area (Å²) in [5.74, 6) is -1.34. The predicted molar refractivity (Wildman–Crippen MR) is 69.6 cm³/mol. The molecule has 98 valence electrons. The van der Waals surface area contributed by atoms with E-state index in [1.807, 2.05) is 0 Å². The first-order chi connectivity index (χ1) is 8.66. The van der Waals surface area contributed by atoms with Crippen molar-refractivity contribution in [2.45, 2.75) is 18.9 Å². The number of halogens is 2. The second-order valence-electron chi connectivity index (χ2n) is 4.07. The molecule has 3 nitrogen and oxygen atoms in total. The van der Waals surface area contributed by atoms with Crippen LogP contribution in [0, 0.1) is 11.6 Å². The number of nitrogens with one attached hydrogen (secondary N) is 2. The van der Waals surface area contributed by atoms with Crippen molar-refractivity contribution in [2.75, 3.05) is 18.5 Å². The SMILES string of the molecule is Fc1cccc(F)c1NC(=S)NC[C@@H]1CCCO1. The van der Waals surface area contributed by atoms with Crippen LogP contribution in [-0.2, 0) is 4.74 Å². The maximum atomic E-state index is 13.3. The fourth-order valence-corrected chi connectivity index (χ4v) is 1.97. The van der Waals surface area contributed by atoms with Crippen molar-refractivity contribution in [3.8, 4) is 0 Å². The lowest BCUT2D eigenvalue weighted by Crippen LogP contribution is -2.35. The topological polar surface area (TPSA) is 33.3 Å². The standard InChI is InChI=1S/C12H14F2N2OS/c13-9-4-1-5-10(14)11(9)16-12(18)15-7-8-3-2-6-17-8/h1,4-5,8H,2-3,6-7H2,(H2,15,16,18)/t8-/m0/s1. The Morgan fingerprint density at radius 1 is 1.39 bits per heavy atom. The third-order valence-corrected chi connectivity index (χ3v) is 2.96. The highest BCUT2D eigenvalue weighted by atomic mass is 32.1. The van der Waals surface area contributed by atoms with E-state index in [1.54, 1.807) is 0 Å². The van der Waals surface area contributed by atoms with Gasteiger partial charge in [0.05, 0.1) is 6.10 Å². The second kappa shape index (κ2) is 6.06. The van der Waals surface area contributed by atoms with Gasteiger partial charge in [0.25, 0.3) is 0 Å². The largest absolute Gasteiger partial charge is 0.376 e. The Morgan fingerprint density at radius 3 is 2.72 bits per heavy atom. The number of thiocarbonyl (C=S) groups is 1. The summed E-state index contributed by atoms with van der Waals surface area (Å²) in [6.07, 6.45) is 2.13. The van der Waals surface area contributed by atoms with E-state index in [0.29, 0.717) is 6.54 Å². The van der Waals surface area contributed by atoms with Crippen LogP contribution in [0.5, 0.6) is 0 Å². The third-order valence-electron chi connectivity index (χ3n) is 2.72. The fourth-order valence-electron chi connectivity index (χ4n) is 1.79. The lowest BCUT2D eigenvalue weighted by molar-refractivity contribution is 0.114. The molecule has 0 aromatic heterocycles. The molecule has 0 amide bonds. The van der Waals surface area contributed by atoms with Gasteiger partial charge in [-0.2, -0.15) is 0 Å². The van der Waals surface area contributed by atoms with Crippen molar-refractivity contribution in [2.24, 2.45) is 0 Å². The summed E-state index contributed by atoms with van der Waals surface area (Å²) in [6, 6.07) is 3.65. The fraction of sp³-hybridized carbons (Fsp3) is 0.417. The molecule has 1 atom stereocenters. The van der Waals surface area contributed by atoms with Gasteiger partial charge < -0.3 is 15.4 Å². The minimum absolute atomic E-state index is 0.121. The van der Waals surface area contributed by atoms with Crippen LogP contribution in [0.25, 0.3) is 0 Å². The van der Waals surface area contributed by atoms with E-state index in [2.05, 4.69) is 10.6 Å². The molecule has 1 saturated heterocycles. The Hall–Kier alpha value is -1.27. The molecule has 0 aliphatic carbocycles. The highest BCUT2D eigenvalue weighted by molar-refractivity contribution is 7.80. The summed E-state index contributed by atoms with van der Waals surface area (Å²) >= 11 is 4.98. The van der Waals surface area contributed by atoms with Gasteiger partial charge in [-0.25, -0.2) is 8.78 Å². The number of hydrogen-bond acceptors (Lipinski definition) is 2. The maximum Gasteiger partial charge on any atom is 0.171 e. The summed E-state index contributed by atoms with van der Waals surface area (Å²) in [4.78, 5) is 0. The van der Waals surface area contributed by atoms with Gasteiger partial charge in [0.15, 0.2) is 5.11 Å². The van der Waals surface area contributed by atoms with E-state index < -0.39 is 11.6 Å². The number of rotatable bonds is 3. The molecule has 0 radical (unpaired) electrons. The monoisotopic (exact) mass is 272 g/mol. The van der Waals surface area contributed by atoms with Crippen molar-refractivity contribution < 1.29 is 13.5 Å². The van der Waals surface area contributed by atoms with Crippen LogP contribution in [0.1, 0.15) is 12.8 Å². The van der Waals surface area contributed by atoms with Crippen molar-refractivity contribution in [3.05, 3.63) is 29.8 Å². The first-order valence-electron chi connectivity index (χ1n) is 5.77.